The number of hydrogen-bond acceptors (Lipinski definition) is 9. The lowest BCUT2D eigenvalue weighted by Crippen LogP contribution is -2.30. The Bertz CT molecular complexity index is 2110. The van der Waals surface area contributed by atoms with Gasteiger partial charge in [0.05, 0.1) is 19.5 Å². The zero-order valence-corrected chi connectivity index (χ0v) is 30.5. The first-order valence-electron chi connectivity index (χ1n) is 16.2. The molecule has 0 fully saturated rings. The van der Waals surface area contributed by atoms with Crippen LogP contribution in [0.3, 0.4) is 0 Å². The highest BCUT2D eigenvalue weighted by Gasteiger charge is 2.26. The summed E-state index contributed by atoms with van der Waals surface area (Å²) in [5.74, 6) is -1.66. The van der Waals surface area contributed by atoms with Gasteiger partial charge in [-0.1, -0.05) is 61.0 Å². The zero-order valence-electron chi connectivity index (χ0n) is 28.9. The minimum atomic E-state index is -0.608. The van der Waals surface area contributed by atoms with Crippen LogP contribution in [0.4, 0.5) is 10.7 Å². The summed E-state index contributed by atoms with van der Waals surface area (Å²) in [4.78, 5) is 54.0. The van der Waals surface area contributed by atoms with Gasteiger partial charge < -0.3 is 30.5 Å². The Morgan fingerprint density at radius 3 is 2.35 bits per heavy atom. The predicted octanol–water partition coefficient (Wildman–Crippen LogP) is 8.14. The van der Waals surface area contributed by atoms with E-state index in [4.69, 9.17) is 9.47 Å². The smallest absolute Gasteiger partial charge is 0.341 e. The predicted molar refractivity (Wildman–Crippen MR) is 206 cm³/mol. The van der Waals surface area contributed by atoms with Crippen LogP contribution in [0.5, 0.6) is 11.5 Å². The number of thiophene rings is 1. The fraction of sp³-hybridized carbons (Fsp3) is 0.150. The SMILES string of the molecule is CCC(Sc1cccc(NC(=O)/C(=C\c2ccc(O)cc2OC)NC(=O)c2ccccc2)c1)C(=O)Nc1scc(-c2ccc(C)cc2)c1C(=O)OC. The van der Waals surface area contributed by atoms with E-state index in [1.807, 2.05) is 49.6 Å². The number of ether oxygens (including phenoxy) is 2. The molecule has 4 aromatic carbocycles. The maximum absolute atomic E-state index is 13.7. The lowest BCUT2D eigenvalue weighted by Gasteiger charge is -2.16. The topological polar surface area (TPSA) is 143 Å². The van der Waals surface area contributed by atoms with Crippen molar-refractivity contribution in [2.45, 2.75) is 30.4 Å². The first-order valence-corrected chi connectivity index (χ1v) is 18.0. The molecule has 5 aromatic rings. The number of benzene rings is 4. The molecule has 1 aromatic heterocycles. The number of esters is 1. The number of carbonyl (C=O) groups excluding carboxylic acids is 4. The highest BCUT2D eigenvalue weighted by atomic mass is 32.2. The minimum Gasteiger partial charge on any atom is -0.508 e. The number of aryl methyl sites for hydroxylation is 1. The number of thioether (sulfide) groups is 1. The fourth-order valence-electron chi connectivity index (χ4n) is 5.14. The Morgan fingerprint density at radius 1 is 0.904 bits per heavy atom. The van der Waals surface area contributed by atoms with Crippen molar-refractivity contribution in [3.05, 3.63) is 130 Å². The van der Waals surface area contributed by atoms with E-state index in [9.17, 15) is 24.3 Å². The number of nitrogens with one attached hydrogen (secondary N) is 3. The third-order valence-corrected chi connectivity index (χ3v) is 10.1. The largest absolute Gasteiger partial charge is 0.508 e. The molecule has 5 rings (SSSR count). The van der Waals surface area contributed by atoms with E-state index in [0.29, 0.717) is 50.0 Å². The summed E-state index contributed by atoms with van der Waals surface area (Å²) in [6, 6.07) is 27.7. The van der Waals surface area contributed by atoms with Crippen LogP contribution < -0.4 is 20.7 Å². The molecule has 0 saturated heterocycles. The van der Waals surface area contributed by atoms with Crippen molar-refractivity contribution < 1.29 is 33.8 Å². The second kappa shape index (κ2) is 17.4. The van der Waals surface area contributed by atoms with Crippen molar-refractivity contribution in [2.24, 2.45) is 0 Å². The van der Waals surface area contributed by atoms with Gasteiger partial charge >= 0.3 is 5.97 Å². The van der Waals surface area contributed by atoms with Crippen LogP contribution in [0.15, 0.2) is 113 Å². The van der Waals surface area contributed by atoms with Gasteiger partial charge in [-0.25, -0.2) is 4.79 Å². The molecular formula is C40H37N3O7S2. The summed E-state index contributed by atoms with van der Waals surface area (Å²) in [6.07, 6.45) is 1.94. The van der Waals surface area contributed by atoms with Crippen LogP contribution in [0.2, 0.25) is 0 Å². The molecule has 1 unspecified atom stereocenters. The Labute approximate surface area is 309 Å². The third-order valence-electron chi connectivity index (χ3n) is 7.86. The normalized spacial score (nSPS) is 11.7. The summed E-state index contributed by atoms with van der Waals surface area (Å²) in [6.45, 7) is 3.87. The van der Waals surface area contributed by atoms with Crippen molar-refractivity contribution in [2.75, 3.05) is 24.9 Å². The van der Waals surface area contributed by atoms with E-state index in [1.54, 1.807) is 54.6 Å². The van der Waals surface area contributed by atoms with E-state index in [-0.39, 0.29) is 17.4 Å². The molecule has 1 atom stereocenters. The van der Waals surface area contributed by atoms with Crippen molar-refractivity contribution in [3.8, 4) is 22.6 Å². The van der Waals surface area contributed by atoms with Crippen molar-refractivity contribution in [3.63, 3.8) is 0 Å². The first kappa shape index (κ1) is 37.4. The highest BCUT2D eigenvalue weighted by molar-refractivity contribution is 8.00. The standard InChI is InChI=1S/C40H37N3O7S2/c1-5-34(38(47)43-39-35(40(48)50-4)31(23-51-39)25-16-14-24(2)15-17-25)52-30-13-9-12-28(21-30)41-37(46)32(42-36(45)26-10-7-6-8-11-26)20-27-18-19-29(44)22-33(27)49-3/h6-23,34,44H,5H2,1-4H3,(H,41,46)(H,42,45)(H,43,47)/b32-20+. The maximum Gasteiger partial charge on any atom is 0.341 e. The number of methoxy groups -OCH3 is 2. The van der Waals surface area contributed by atoms with Crippen LogP contribution >= 0.6 is 23.1 Å². The highest BCUT2D eigenvalue weighted by Crippen LogP contribution is 2.37. The maximum atomic E-state index is 13.7. The number of carbonyl (C=O) groups is 4. The molecule has 1 heterocycles. The summed E-state index contributed by atoms with van der Waals surface area (Å²) in [7, 11) is 2.74. The fourth-order valence-corrected chi connectivity index (χ4v) is 7.12. The number of phenolic OH excluding ortho intramolecular Hbond substituents is 1. The van der Waals surface area contributed by atoms with E-state index >= 15 is 0 Å². The first-order chi connectivity index (χ1) is 25.1. The Kier molecular flexibility index (Phi) is 12.5. The molecule has 3 amide bonds. The van der Waals surface area contributed by atoms with Gasteiger partial charge in [-0.3, -0.25) is 14.4 Å². The molecule has 266 valence electrons. The average Bonchev–Trinajstić information content (AvgIpc) is 3.57. The molecule has 12 heteroatoms. The van der Waals surface area contributed by atoms with Gasteiger partial charge in [-0.2, -0.15) is 0 Å². The molecule has 4 N–H and O–H groups in total. The molecule has 0 aliphatic heterocycles. The summed E-state index contributed by atoms with van der Waals surface area (Å²) in [5.41, 5.74) is 4.06. The second-order valence-corrected chi connectivity index (χ2v) is 13.7. The van der Waals surface area contributed by atoms with E-state index < -0.39 is 23.0 Å². The quantitative estimate of drug-likeness (QED) is 0.0539. The van der Waals surface area contributed by atoms with Crippen molar-refractivity contribution in [1.29, 1.82) is 0 Å². The lowest BCUT2D eigenvalue weighted by atomic mass is 10.0. The van der Waals surface area contributed by atoms with Gasteiger partial charge in [0.15, 0.2) is 0 Å². The van der Waals surface area contributed by atoms with Crippen LogP contribution in [0.1, 0.15) is 45.2 Å². The monoisotopic (exact) mass is 735 g/mol. The molecule has 0 aliphatic rings. The molecular weight excluding hydrogens is 699 g/mol. The molecule has 10 nitrogen and oxygen atoms in total. The third kappa shape index (κ3) is 9.27. The molecule has 0 saturated carbocycles. The number of aromatic hydroxyl groups is 1. The summed E-state index contributed by atoms with van der Waals surface area (Å²) >= 11 is 2.56. The lowest BCUT2D eigenvalue weighted by molar-refractivity contribution is -0.116. The van der Waals surface area contributed by atoms with Crippen LogP contribution in [0.25, 0.3) is 17.2 Å². The van der Waals surface area contributed by atoms with E-state index in [0.717, 1.165) is 11.1 Å². The van der Waals surface area contributed by atoms with Gasteiger partial charge in [-0.05, 0) is 67.4 Å². The Morgan fingerprint density at radius 2 is 1.65 bits per heavy atom. The molecule has 0 bridgehead atoms. The van der Waals surface area contributed by atoms with Gasteiger partial charge in [0.2, 0.25) is 5.91 Å². The number of amides is 3. The number of rotatable bonds is 13. The van der Waals surface area contributed by atoms with Crippen molar-refractivity contribution >= 4 is 63.6 Å². The molecule has 52 heavy (non-hydrogen) atoms. The zero-order chi connectivity index (χ0) is 37.2. The van der Waals surface area contributed by atoms with Crippen molar-refractivity contribution in [1.82, 2.24) is 5.32 Å². The Hall–Kier alpha value is -5.85. The van der Waals surface area contributed by atoms with E-state index in [1.165, 1.54) is 55.5 Å². The average molecular weight is 736 g/mol. The Balaban J connectivity index is 1.34. The molecule has 0 spiro atoms. The molecule has 0 aliphatic carbocycles. The van der Waals surface area contributed by atoms with Gasteiger partial charge in [0.1, 0.15) is 27.8 Å². The number of hydrogen-bond donors (Lipinski definition) is 4. The van der Waals surface area contributed by atoms with Crippen LogP contribution in [-0.2, 0) is 14.3 Å². The van der Waals surface area contributed by atoms with Crippen LogP contribution in [-0.4, -0.2) is 48.3 Å². The van der Waals surface area contributed by atoms with Gasteiger partial charge in [0, 0.05) is 38.7 Å². The molecule has 0 radical (unpaired) electrons. The number of phenols is 1. The number of anilines is 2. The van der Waals surface area contributed by atoms with Crippen LogP contribution in [0, 0.1) is 6.92 Å². The summed E-state index contributed by atoms with van der Waals surface area (Å²) < 4.78 is 10.5. The second-order valence-electron chi connectivity index (χ2n) is 11.5. The van der Waals surface area contributed by atoms with E-state index in [2.05, 4.69) is 16.0 Å². The van der Waals surface area contributed by atoms with Gasteiger partial charge in [0.25, 0.3) is 11.8 Å². The summed E-state index contributed by atoms with van der Waals surface area (Å²) in [5, 5.41) is 20.1. The minimum absolute atomic E-state index is 0.0204. The van der Waals surface area contributed by atoms with Gasteiger partial charge in [-0.15, -0.1) is 23.1 Å².